The molecule has 2 rings (SSSR count). The van der Waals surface area contributed by atoms with Crippen molar-refractivity contribution in [2.45, 2.75) is 26.2 Å². The van der Waals surface area contributed by atoms with Crippen molar-refractivity contribution in [3.63, 3.8) is 0 Å². The van der Waals surface area contributed by atoms with Crippen molar-refractivity contribution in [1.29, 1.82) is 0 Å². The van der Waals surface area contributed by atoms with Gasteiger partial charge in [-0.05, 0) is 37.4 Å². The molecule has 0 aliphatic carbocycles. The fraction of sp³-hybridized carbons (Fsp3) is 0.529. The Bertz CT molecular complexity index is 516. The summed E-state index contributed by atoms with van der Waals surface area (Å²) in [6.45, 7) is 5.49. The average molecular weight is 320 g/mol. The number of carbonyl (C=O) groups excluding carboxylic acids is 1. The number of piperidine rings is 1. The van der Waals surface area contributed by atoms with E-state index in [1.807, 2.05) is 0 Å². The highest BCUT2D eigenvalue weighted by Gasteiger charge is 2.20. The lowest BCUT2D eigenvalue weighted by Gasteiger charge is -2.31. The van der Waals surface area contributed by atoms with Gasteiger partial charge >= 0.3 is 0 Å². The molecule has 23 heavy (non-hydrogen) atoms. The van der Waals surface area contributed by atoms with Crippen LogP contribution in [0.2, 0.25) is 0 Å². The molecule has 1 unspecified atom stereocenters. The summed E-state index contributed by atoms with van der Waals surface area (Å²) in [5, 5.41) is 9.84. The van der Waals surface area contributed by atoms with Crippen LogP contribution in [-0.4, -0.2) is 48.6 Å². The number of nitrogens with one attached hydrogen (secondary N) is 1. The van der Waals surface area contributed by atoms with Gasteiger partial charge in [0, 0.05) is 19.5 Å². The van der Waals surface area contributed by atoms with Crippen LogP contribution in [0, 0.1) is 17.8 Å². The molecule has 1 aromatic heterocycles. The van der Waals surface area contributed by atoms with E-state index < -0.39 is 0 Å². The molecular weight excluding hydrogens is 296 g/mol. The van der Waals surface area contributed by atoms with Crippen LogP contribution >= 0.6 is 0 Å². The van der Waals surface area contributed by atoms with Gasteiger partial charge in [0.05, 0.1) is 12.8 Å². The summed E-state index contributed by atoms with van der Waals surface area (Å²) in [4.78, 5) is 22.5. The predicted octanol–water partition coefficient (Wildman–Crippen LogP) is 1.84. The highest BCUT2D eigenvalue weighted by Crippen LogP contribution is 2.15. The first-order valence-electron chi connectivity index (χ1n) is 7.78. The highest BCUT2D eigenvalue weighted by atomic mass is 16.3. The molecule has 0 spiro atoms. The third-order valence-electron chi connectivity index (χ3n) is 3.50. The van der Waals surface area contributed by atoms with Gasteiger partial charge < -0.3 is 14.8 Å². The number of carbonyl (C=O) groups is 2. The van der Waals surface area contributed by atoms with Gasteiger partial charge in [0.15, 0.2) is 5.76 Å². The zero-order valence-electron chi connectivity index (χ0n) is 13.5. The lowest BCUT2D eigenvalue weighted by Crippen LogP contribution is -2.41. The van der Waals surface area contributed by atoms with Gasteiger partial charge in [-0.25, -0.2) is 0 Å². The predicted molar refractivity (Wildman–Crippen MR) is 87.0 cm³/mol. The van der Waals surface area contributed by atoms with Crippen molar-refractivity contribution in [1.82, 2.24) is 10.2 Å². The van der Waals surface area contributed by atoms with E-state index in [1.165, 1.54) is 12.7 Å². The molecule has 1 amide bonds. The van der Waals surface area contributed by atoms with Gasteiger partial charge in [-0.15, -0.1) is 5.92 Å². The molecule has 0 bridgehead atoms. The number of likely N-dealkylation sites (tertiary alicyclic amines) is 1. The Morgan fingerprint density at radius 3 is 3.00 bits per heavy atom. The van der Waals surface area contributed by atoms with Gasteiger partial charge in [-0.3, -0.25) is 14.5 Å². The first-order valence-corrected chi connectivity index (χ1v) is 7.78. The van der Waals surface area contributed by atoms with E-state index in [1.54, 1.807) is 12.1 Å². The van der Waals surface area contributed by atoms with Crippen LogP contribution in [0.1, 0.15) is 36.7 Å². The number of amides is 1. The Morgan fingerprint density at radius 2 is 2.35 bits per heavy atom. The van der Waals surface area contributed by atoms with Crippen molar-refractivity contribution in [2.75, 3.05) is 26.2 Å². The smallest absolute Gasteiger partial charge is 0.290 e. The van der Waals surface area contributed by atoms with Crippen LogP contribution < -0.4 is 5.32 Å². The van der Waals surface area contributed by atoms with Crippen molar-refractivity contribution < 1.29 is 19.1 Å². The van der Waals surface area contributed by atoms with E-state index in [2.05, 4.69) is 29.0 Å². The summed E-state index contributed by atoms with van der Waals surface area (Å²) in [5.74, 6) is 7.05. The zero-order chi connectivity index (χ0) is 16.9. The number of hydrogen-bond donors (Lipinski definition) is 2. The van der Waals surface area contributed by atoms with E-state index in [-0.39, 0.29) is 12.4 Å². The summed E-state index contributed by atoms with van der Waals surface area (Å²) < 4.78 is 5.08. The zero-order valence-corrected chi connectivity index (χ0v) is 13.5. The van der Waals surface area contributed by atoms with E-state index in [0.29, 0.717) is 18.2 Å². The van der Waals surface area contributed by atoms with Gasteiger partial charge in [0.25, 0.3) is 12.4 Å². The normalized spacial score (nSPS) is 17.2. The monoisotopic (exact) mass is 320 g/mol. The Hall–Kier alpha value is -2.26. The molecule has 126 valence electrons. The lowest BCUT2D eigenvalue weighted by atomic mass is 9.98. The Balaban J connectivity index is 0.000000816. The molecule has 1 saturated heterocycles. The van der Waals surface area contributed by atoms with Crippen molar-refractivity contribution in [2.24, 2.45) is 5.92 Å². The van der Waals surface area contributed by atoms with E-state index in [4.69, 9.17) is 14.3 Å². The van der Waals surface area contributed by atoms with Crippen LogP contribution in [0.15, 0.2) is 22.8 Å². The molecule has 6 heteroatoms. The molecule has 1 aliphatic rings. The van der Waals surface area contributed by atoms with Crippen LogP contribution in [-0.2, 0) is 4.79 Å². The minimum Gasteiger partial charge on any atom is -0.483 e. The molecule has 6 nitrogen and oxygen atoms in total. The van der Waals surface area contributed by atoms with Gasteiger partial charge in [0.1, 0.15) is 0 Å². The number of rotatable bonds is 4. The van der Waals surface area contributed by atoms with Crippen LogP contribution in [0.5, 0.6) is 0 Å². The van der Waals surface area contributed by atoms with Crippen molar-refractivity contribution in [3.05, 3.63) is 24.2 Å². The molecule has 0 radical (unpaired) electrons. The van der Waals surface area contributed by atoms with Gasteiger partial charge in [0.2, 0.25) is 0 Å². The van der Waals surface area contributed by atoms with E-state index in [0.717, 1.165) is 32.5 Å². The summed E-state index contributed by atoms with van der Waals surface area (Å²) in [6, 6.07) is 3.41. The quantitative estimate of drug-likeness (QED) is 0.653. The number of nitrogens with zero attached hydrogens (tertiary/aromatic N) is 1. The topological polar surface area (TPSA) is 82.8 Å². The fourth-order valence-electron chi connectivity index (χ4n) is 2.49. The summed E-state index contributed by atoms with van der Waals surface area (Å²) in [5.41, 5.74) is 0. The largest absolute Gasteiger partial charge is 0.483 e. The molecule has 1 aliphatic heterocycles. The molecule has 1 atom stereocenters. The van der Waals surface area contributed by atoms with Crippen LogP contribution in [0.25, 0.3) is 0 Å². The molecule has 1 fully saturated rings. The second-order valence-electron chi connectivity index (χ2n) is 5.24. The molecule has 0 aromatic carbocycles. The molecule has 2 N–H and O–H groups in total. The lowest BCUT2D eigenvalue weighted by molar-refractivity contribution is -0.122. The molecule has 2 heterocycles. The molecular formula is C17H24N2O4. The van der Waals surface area contributed by atoms with Crippen molar-refractivity contribution >= 4 is 12.4 Å². The first kappa shape index (κ1) is 18.8. The summed E-state index contributed by atoms with van der Waals surface area (Å²) >= 11 is 0. The fourth-order valence-corrected chi connectivity index (χ4v) is 2.49. The summed E-state index contributed by atoms with van der Waals surface area (Å²) in [7, 11) is 0. The number of furan rings is 1. The Labute approximate surface area is 136 Å². The third kappa shape index (κ3) is 7.52. The average Bonchev–Trinajstić information content (AvgIpc) is 3.09. The third-order valence-corrected chi connectivity index (χ3v) is 3.50. The SMILES string of the molecule is CCC#CCN1CCCC(CNC(=O)c2ccco2)C1.O=CO. The maximum atomic E-state index is 11.8. The minimum absolute atomic E-state index is 0.127. The van der Waals surface area contributed by atoms with E-state index in [9.17, 15) is 4.79 Å². The van der Waals surface area contributed by atoms with Crippen LogP contribution in [0.3, 0.4) is 0 Å². The Kier molecular flexibility index (Phi) is 9.25. The second-order valence-corrected chi connectivity index (χ2v) is 5.24. The number of hydrogen-bond acceptors (Lipinski definition) is 4. The minimum atomic E-state index is -0.250. The number of carboxylic acid groups (broad SMARTS) is 1. The van der Waals surface area contributed by atoms with Gasteiger partial charge in [-0.1, -0.05) is 12.8 Å². The van der Waals surface area contributed by atoms with E-state index >= 15 is 0 Å². The van der Waals surface area contributed by atoms with Crippen LogP contribution in [0.4, 0.5) is 0 Å². The Morgan fingerprint density at radius 1 is 1.57 bits per heavy atom. The summed E-state index contributed by atoms with van der Waals surface area (Å²) in [6.07, 6.45) is 4.77. The first-order chi connectivity index (χ1) is 11.2. The van der Waals surface area contributed by atoms with Crippen molar-refractivity contribution in [3.8, 4) is 11.8 Å². The standard InChI is InChI=1S/C16H22N2O2.CH2O2/c1-2-3-4-9-18-10-5-7-14(13-18)12-17-16(19)15-8-6-11-20-15;2-1-3/h6,8,11,14H,2,5,7,9-10,12-13H2,1H3,(H,17,19);1H,(H,2,3). The molecule has 1 aromatic rings. The second kappa shape index (κ2) is 11.3. The maximum Gasteiger partial charge on any atom is 0.290 e. The van der Waals surface area contributed by atoms with Gasteiger partial charge in [-0.2, -0.15) is 0 Å². The maximum absolute atomic E-state index is 11.8. The molecule has 0 saturated carbocycles. The highest BCUT2D eigenvalue weighted by molar-refractivity contribution is 5.91.